The third-order valence-electron chi connectivity index (χ3n) is 3.97. The topological polar surface area (TPSA) is 56.1 Å². The maximum absolute atomic E-state index is 5.88. The Morgan fingerprint density at radius 3 is 2.95 bits per heavy atom. The molecule has 2 aromatic heterocycles. The molecule has 0 bridgehead atoms. The molecule has 22 heavy (non-hydrogen) atoms. The third-order valence-corrected chi connectivity index (χ3v) is 3.97. The highest BCUT2D eigenvalue weighted by Crippen LogP contribution is 2.09. The molecule has 1 aliphatic heterocycles. The first-order valence-corrected chi connectivity index (χ1v) is 7.82. The first-order valence-electron chi connectivity index (χ1n) is 7.82. The molecule has 0 amide bonds. The predicted octanol–water partition coefficient (Wildman–Crippen LogP) is 1.23. The smallest absolute Gasteiger partial charge is 0.147 e. The highest BCUT2D eigenvalue weighted by atomic mass is 16.5. The highest BCUT2D eigenvalue weighted by Gasteiger charge is 2.21. The molecule has 3 heterocycles. The fraction of sp³-hybridized carbons (Fsp3) is 0.562. The van der Waals surface area contributed by atoms with E-state index in [9.17, 15) is 0 Å². The van der Waals surface area contributed by atoms with Crippen molar-refractivity contribution in [2.75, 3.05) is 26.2 Å². The Kier molecular flexibility index (Phi) is 4.80. The average molecular weight is 301 g/mol. The molecule has 1 fully saturated rings. The second kappa shape index (κ2) is 6.98. The summed E-state index contributed by atoms with van der Waals surface area (Å²) in [5.74, 6) is 1.77. The molecule has 0 aromatic carbocycles. The lowest BCUT2D eigenvalue weighted by Crippen LogP contribution is -2.45. The van der Waals surface area contributed by atoms with E-state index >= 15 is 0 Å². The van der Waals surface area contributed by atoms with Crippen LogP contribution in [0.2, 0.25) is 0 Å². The van der Waals surface area contributed by atoms with Gasteiger partial charge in [0.25, 0.3) is 0 Å². The second-order valence-electron chi connectivity index (χ2n) is 5.75. The van der Waals surface area contributed by atoms with Gasteiger partial charge in [0, 0.05) is 37.9 Å². The molecule has 6 nitrogen and oxygen atoms in total. The molecule has 0 radical (unpaired) electrons. The van der Waals surface area contributed by atoms with Crippen molar-refractivity contribution in [1.82, 2.24) is 24.6 Å². The SMILES string of the molecule is Cc1nc(C)n(C[C@@H]2CN(CCc3ccccn3)CCO2)n1. The van der Waals surface area contributed by atoms with Gasteiger partial charge in [0.05, 0.1) is 19.3 Å². The largest absolute Gasteiger partial charge is 0.374 e. The molecule has 3 rings (SSSR count). The zero-order valence-electron chi connectivity index (χ0n) is 13.3. The normalized spacial score (nSPS) is 19.5. The minimum absolute atomic E-state index is 0.178. The molecule has 1 aliphatic rings. The van der Waals surface area contributed by atoms with Crippen LogP contribution in [-0.2, 0) is 17.7 Å². The summed E-state index contributed by atoms with van der Waals surface area (Å²) in [6.45, 7) is 8.40. The van der Waals surface area contributed by atoms with Gasteiger partial charge in [0.15, 0.2) is 0 Å². The summed E-state index contributed by atoms with van der Waals surface area (Å²) in [7, 11) is 0. The van der Waals surface area contributed by atoms with E-state index in [4.69, 9.17) is 4.74 Å². The fourth-order valence-electron chi connectivity index (χ4n) is 2.84. The fourth-order valence-corrected chi connectivity index (χ4v) is 2.84. The van der Waals surface area contributed by atoms with Crippen LogP contribution in [0.1, 0.15) is 17.3 Å². The van der Waals surface area contributed by atoms with E-state index in [-0.39, 0.29) is 6.10 Å². The molecule has 2 aromatic rings. The van der Waals surface area contributed by atoms with Crippen molar-refractivity contribution in [3.63, 3.8) is 0 Å². The number of aryl methyl sites for hydroxylation is 2. The Hall–Kier alpha value is -1.79. The van der Waals surface area contributed by atoms with Gasteiger partial charge < -0.3 is 4.74 Å². The third kappa shape index (κ3) is 3.90. The van der Waals surface area contributed by atoms with Crippen LogP contribution in [0.15, 0.2) is 24.4 Å². The van der Waals surface area contributed by atoms with Crippen molar-refractivity contribution in [2.24, 2.45) is 0 Å². The van der Waals surface area contributed by atoms with Crippen LogP contribution in [0.25, 0.3) is 0 Å². The maximum atomic E-state index is 5.88. The molecular weight excluding hydrogens is 278 g/mol. The van der Waals surface area contributed by atoms with E-state index in [0.29, 0.717) is 0 Å². The number of nitrogens with zero attached hydrogens (tertiary/aromatic N) is 5. The summed E-state index contributed by atoms with van der Waals surface area (Å²) < 4.78 is 7.83. The number of pyridine rings is 1. The Bertz CT molecular complexity index is 598. The van der Waals surface area contributed by atoms with Gasteiger partial charge in [0.1, 0.15) is 11.6 Å². The number of rotatable bonds is 5. The van der Waals surface area contributed by atoms with Crippen LogP contribution in [0.3, 0.4) is 0 Å². The summed E-state index contributed by atoms with van der Waals surface area (Å²) in [6, 6.07) is 6.08. The lowest BCUT2D eigenvalue weighted by Gasteiger charge is -2.32. The first kappa shape index (κ1) is 15.1. The Morgan fingerprint density at radius 2 is 2.23 bits per heavy atom. The van der Waals surface area contributed by atoms with Gasteiger partial charge in [-0.2, -0.15) is 5.10 Å². The van der Waals surface area contributed by atoms with Gasteiger partial charge in [-0.1, -0.05) is 6.07 Å². The number of morpholine rings is 1. The molecule has 0 unspecified atom stereocenters. The number of hydrogen-bond donors (Lipinski definition) is 0. The van der Waals surface area contributed by atoms with Crippen molar-refractivity contribution in [3.05, 3.63) is 41.7 Å². The molecule has 0 spiro atoms. The van der Waals surface area contributed by atoms with E-state index in [2.05, 4.69) is 26.0 Å². The van der Waals surface area contributed by atoms with Crippen molar-refractivity contribution in [1.29, 1.82) is 0 Å². The van der Waals surface area contributed by atoms with Gasteiger partial charge >= 0.3 is 0 Å². The van der Waals surface area contributed by atoms with Gasteiger partial charge in [-0.3, -0.25) is 9.88 Å². The van der Waals surface area contributed by atoms with Gasteiger partial charge in [-0.15, -0.1) is 0 Å². The van der Waals surface area contributed by atoms with Crippen LogP contribution in [0.5, 0.6) is 0 Å². The van der Waals surface area contributed by atoms with E-state index in [0.717, 1.165) is 56.5 Å². The molecular formula is C16H23N5O. The quantitative estimate of drug-likeness (QED) is 0.831. The van der Waals surface area contributed by atoms with E-state index < -0.39 is 0 Å². The molecule has 0 aliphatic carbocycles. The standard InChI is InChI=1S/C16H23N5O/c1-13-18-14(2)21(19-13)12-16-11-20(9-10-22-16)8-6-15-5-3-4-7-17-15/h3-5,7,16H,6,8-12H2,1-2H3/t16-/m0/s1. The lowest BCUT2D eigenvalue weighted by molar-refractivity contribution is -0.0374. The van der Waals surface area contributed by atoms with Crippen molar-refractivity contribution in [3.8, 4) is 0 Å². The zero-order chi connectivity index (χ0) is 15.4. The summed E-state index contributed by atoms with van der Waals surface area (Å²) >= 11 is 0. The predicted molar refractivity (Wildman–Crippen MR) is 83.6 cm³/mol. The molecule has 0 saturated carbocycles. The number of ether oxygens (including phenoxy) is 1. The minimum Gasteiger partial charge on any atom is -0.374 e. The van der Waals surface area contributed by atoms with Crippen LogP contribution in [-0.4, -0.2) is 57.0 Å². The molecule has 0 N–H and O–H groups in total. The monoisotopic (exact) mass is 301 g/mol. The van der Waals surface area contributed by atoms with Crippen molar-refractivity contribution < 1.29 is 4.74 Å². The maximum Gasteiger partial charge on any atom is 0.147 e. The molecule has 1 saturated heterocycles. The van der Waals surface area contributed by atoms with Gasteiger partial charge in [0.2, 0.25) is 0 Å². The highest BCUT2D eigenvalue weighted by molar-refractivity contribution is 5.03. The van der Waals surface area contributed by atoms with Crippen LogP contribution in [0.4, 0.5) is 0 Å². The first-order chi connectivity index (χ1) is 10.7. The summed E-state index contributed by atoms with van der Waals surface area (Å²) in [6.07, 6.45) is 3.01. The molecule has 1 atom stereocenters. The van der Waals surface area contributed by atoms with Crippen molar-refractivity contribution in [2.45, 2.75) is 32.9 Å². The van der Waals surface area contributed by atoms with E-state index in [1.54, 1.807) is 0 Å². The molecule has 6 heteroatoms. The Labute approximate surface area is 131 Å². The Balaban J connectivity index is 1.52. The van der Waals surface area contributed by atoms with Crippen LogP contribution in [0, 0.1) is 13.8 Å². The number of aromatic nitrogens is 4. The lowest BCUT2D eigenvalue weighted by atomic mass is 10.2. The zero-order valence-corrected chi connectivity index (χ0v) is 13.3. The summed E-state index contributed by atoms with van der Waals surface area (Å²) in [4.78, 5) is 11.2. The number of hydrogen-bond acceptors (Lipinski definition) is 5. The second-order valence-corrected chi connectivity index (χ2v) is 5.75. The molecule has 118 valence electrons. The van der Waals surface area contributed by atoms with Crippen LogP contribution >= 0.6 is 0 Å². The van der Waals surface area contributed by atoms with E-state index in [1.807, 2.05) is 36.9 Å². The average Bonchev–Trinajstić information content (AvgIpc) is 2.84. The summed E-state index contributed by atoms with van der Waals surface area (Å²) in [5.41, 5.74) is 1.15. The van der Waals surface area contributed by atoms with E-state index in [1.165, 1.54) is 0 Å². The van der Waals surface area contributed by atoms with Gasteiger partial charge in [-0.25, -0.2) is 9.67 Å². The van der Waals surface area contributed by atoms with Crippen molar-refractivity contribution >= 4 is 0 Å². The van der Waals surface area contributed by atoms with Crippen LogP contribution < -0.4 is 0 Å². The Morgan fingerprint density at radius 1 is 1.32 bits per heavy atom. The summed E-state index contributed by atoms with van der Waals surface area (Å²) in [5, 5.41) is 4.42. The minimum atomic E-state index is 0.178. The van der Waals surface area contributed by atoms with Gasteiger partial charge in [-0.05, 0) is 26.0 Å².